The number of benzene rings is 2. The van der Waals surface area contributed by atoms with Gasteiger partial charge in [0.05, 0.1) is 11.9 Å². The van der Waals surface area contributed by atoms with Crippen LogP contribution in [-0.4, -0.2) is 44.4 Å². The Balaban J connectivity index is 1.23. The van der Waals surface area contributed by atoms with E-state index < -0.39 is 6.09 Å². The number of hydrogen-bond acceptors (Lipinski definition) is 4. The highest BCUT2D eigenvalue weighted by Gasteiger charge is 2.38. The quantitative estimate of drug-likeness (QED) is 0.486. The lowest BCUT2D eigenvalue weighted by Crippen LogP contribution is -2.41. The minimum absolute atomic E-state index is 0.0474. The second-order valence-electron chi connectivity index (χ2n) is 9.07. The van der Waals surface area contributed by atoms with Crippen LogP contribution in [0.2, 0.25) is 10.0 Å². The molecule has 1 aromatic heterocycles. The van der Waals surface area contributed by atoms with Gasteiger partial charge >= 0.3 is 6.09 Å². The highest BCUT2D eigenvalue weighted by Crippen LogP contribution is 2.36. The highest BCUT2D eigenvalue weighted by atomic mass is 35.5. The van der Waals surface area contributed by atoms with Gasteiger partial charge in [0.15, 0.2) is 0 Å². The molecule has 2 atom stereocenters. The van der Waals surface area contributed by atoms with E-state index in [1.807, 2.05) is 35.2 Å². The maximum Gasteiger partial charge on any atom is 0.432 e. The molecule has 1 aliphatic heterocycles. The molecule has 0 bridgehead atoms. The topological polar surface area (TPSA) is 84.7 Å². The third-order valence-electron chi connectivity index (χ3n) is 6.91. The Hall–Kier alpha value is -3.03. The number of carbonyl (C=O) groups is 2. The molecule has 2 heterocycles. The van der Waals surface area contributed by atoms with E-state index in [-0.39, 0.29) is 17.9 Å². The van der Waals surface area contributed by atoms with Gasteiger partial charge in [-0.25, -0.2) is 4.79 Å². The van der Waals surface area contributed by atoms with Gasteiger partial charge in [-0.05, 0) is 60.9 Å². The van der Waals surface area contributed by atoms with E-state index in [0.717, 1.165) is 39.9 Å². The van der Waals surface area contributed by atoms with Crippen LogP contribution in [0.5, 0.6) is 5.75 Å². The summed E-state index contributed by atoms with van der Waals surface area (Å²) < 4.78 is 6.89. The summed E-state index contributed by atoms with van der Waals surface area (Å²) in [4.78, 5) is 26.5. The first-order valence-corrected chi connectivity index (χ1v) is 12.4. The van der Waals surface area contributed by atoms with Crippen LogP contribution < -0.4 is 4.74 Å². The van der Waals surface area contributed by atoms with Crippen LogP contribution in [-0.2, 0) is 30.7 Å². The van der Waals surface area contributed by atoms with Crippen molar-refractivity contribution in [3.05, 3.63) is 81.1 Å². The van der Waals surface area contributed by atoms with Crippen LogP contribution in [0.3, 0.4) is 0 Å². The molecule has 9 heteroatoms. The molecule has 1 fully saturated rings. The summed E-state index contributed by atoms with van der Waals surface area (Å²) in [6, 6.07) is 13.4. The van der Waals surface area contributed by atoms with E-state index in [0.29, 0.717) is 48.2 Å². The minimum Gasteiger partial charge on any atom is -0.489 e. The third kappa shape index (κ3) is 4.88. The SMILES string of the molecule is O=C1[C@H](Cc2c(Cl)cc(OCc3ccccc3)cc2Cl)CCN1[C@H]1CCc2c(cnn2C(=O)O)C1. The lowest BCUT2D eigenvalue weighted by atomic mass is 9.92. The van der Waals surface area contributed by atoms with E-state index in [1.54, 1.807) is 18.3 Å². The number of carboxylic acid groups (broad SMARTS) is 1. The molecule has 35 heavy (non-hydrogen) atoms. The van der Waals surface area contributed by atoms with Gasteiger partial charge in [0.1, 0.15) is 12.4 Å². The van der Waals surface area contributed by atoms with Gasteiger partial charge in [-0.3, -0.25) is 4.79 Å². The Bertz CT molecular complexity index is 1240. The monoisotopic (exact) mass is 513 g/mol. The van der Waals surface area contributed by atoms with Crippen molar-refractivity contribution in [1.82, 2.24) is 14.7 Å². The first kappa shape index (κ1) is 23.7. The summed E-state index contributed by atoms with van der Waals surface area (Å²) in [5, 5.41) is 14.2. The maximum absolute atomic E-state index is 13.3. The molecule has 1 saturated heterocycles. The second-order valence-corrected chi connectivity index (χ2v) is 9.88. The Morgan fingerprint density at radius 3 is 2.60 bits per heavy atom. The Morgan fingerprint density at radius 1 is 1.14 bits per heavy atom. The van der Waals surface area contributed by atoms with Crippen molar-refractivity contribution in [2.24, 2.45) is 5.92 Å². The number of nitrogens with zero attached hydrogens (tertiary/aromatic N) is 3. The van der Waals surface area contributed by atoms with Crippen LogP contribution in [0.4, 0.5) is 4.79 Å². The van der Waals surface area contributed by atoms with Gasteiger partial charge in [-0.2, -0.15) is 9.78 Å². The first-order chi connectivity index (χ1) is 16.9. The average molecular weight is 514 g/mol. The fraction of sp³-hybridized carbons (Fsp3) is 0.346. The molecule has 0 unspecified atom stereocenters. The van der Waals surface area contributed by atoms with Crippen LogP contribution >= 0.6 is 23.2 Å². The molecule has 5 rings (SSSR count). The van der Waals surface area contributed by atoms with Gasteiger partial charge in [0.25, 0.3) is 0 Å². The van der Waals surface area contributed by atoms with E-state index in [2.05, 4.69) is 5.10 Å². The fourth-order valence-electron chi connectivity index (χ4n) is 5.10. The van der Waals surface area contributed by atoms with Gasteiger partial charge in [0, 0.05) is 28.5 Å². The highest BCUT2D eigenvalue weighted by molar-refractivity contribution is 6.36. The van der Waals surface area contributed by atoms with E-state index >= 15 is 0 Å². The minimum atomic E-state index is -1.08. The molecule has 3 aromatic rings. The predicted molar refractivity (Wildman–Crippen MR) is 132 cm³/mol. The molecular weight excluding hydrogens is 489 g/mol. The Kier molecular flexibility index (Phi) is 6.71. The number of rotatable bonds is 6. The van der Waals surface area contributed by atoms with Gasteiger partial charge < -0.3 is 14.7 Å². The first-order valence-electron chi connectivity index (χ1n) is 11.6. The number of fused-ring (bicyclic) bond motifs is 1. The fourth-order valence-corrected chi connectivity index (χ4v) is 5.72. The Morgan fingerprint density at radius 2 is 1.89 bits per heavy atom. The van der Waals surface area contributed by atoms with Crippen LogP contribution in [0, 0.1) is 5.92 Å². The zero-order valence-electron chi connectivity index (χ0n) is 19.0. The number of aromatic nitrogens is 2. The zero-order chi connectivity index (χ0) is 24.5. The molecule has 1 aliphatic carbocycles. The van der Waals surface area contributed by atoms with Crippen molar-refractivity contribution in [2.45, 2.75) is 44.8 Å². The van der Waals surface area contributed by atoms with Gasteiger partial charge in [-0.1, -0.05) is 53.5 Å². The summed E-state index contributed by atoms with van der Waals surface area (Å²) in [6.07, 6.45) is 3.66. The van der Waals surface area contributed by atoms with Crippen molar-refractivity contribution in [2.75, 3.05) is 6.54 Å². The molecule has 2 aliphatic rings. The average Bonchev–Trinajstić information content (AvgIpc) is 3.43. The summed E-state index contributed by atoms with van der Waals surface area (Å²) in [7, 11) is 0. The molecule has 182 valence electrons. The largest absolute Gasteiger partial charge is 0.489 e. The summed E-state index contributed by atoms with van der Waals surface area (Å²) in [5.41, 5.74) is 3.43. The van der Waals surface area contributed by atoms with Crippen molar-refractivity contribution < 1.29 is 19.4 Å². The smallest absolute Gasteiger partial charge is 0.432 e. The molecule has 1 amide bonds. The predicted octanol–water partition coefficient (Wildman–Crippen LogP) is 5.24. The molecular formula is C26H25Cl2N3O4. The summed E-state index contributed by atoms with van der Waals surface area (Å²) >= 11 is 13.1. The lowest BCUT2D eigenvalue weighted by molar-refractivity contribution is -0.133. The van der Waals surface area contributed by atoms with Crippen LogP contribution in [0.25, 0.3) is 0 Å². The van der Waals surface area contributed by atoms with Gasteiger partial charge in [0.2, 0.25) is 5.91 Å². The number of amides is 1. The molecule has 1 N–H and O–H groups in total. The van der Waals surface area contributed by atoms with Gasteiger partial charge in [-0.15, -0.1) is 0 Å². The summed E-state index contributed by atoms with van der Waals surface area (Å²) in [6.45, 7) is 1.08. The molecule has 2 aromatic carbocycles. The lowest BCUT2D eigenvalue weighted by Gasteiger charge is -2.31. The number of hydrogen-bond donors (Lipinski definition) is 1. The second kappa shape index (κ2) is 9.91. The van der Waals surface area contributed by atoms with E-state index in [9.17, 15) is 14.7 Å². The van der Waals surface area contributed by atoms with Crippen molar-refractivity contribution in [3.63, 3.8) is 0 Å². The van der Waals surface area contributed by atoms with E-state index in [4.69, 9.17) is 27.9 Å². The normalized spacial score (nSPS) is 19.6. The molecule has 7 nitrogen and oxygen atoms in total. The number of likely N-dealkylation sites (tertiary alicyclic amines) is 1. The van der Waals surface area contributed by atoms with Crippen molar-refractivity contribution >= 4 is 35.2 Å². The zero-order valence-corrected chi connectivity index (χ0v) is 20.5. The van der Waals surface area contributed by atoms with Crippen molar-refractivity contribution in [3.8, 4) is 5.75 Å². The molecule has 0 radical (unpaired) electrons. The van der Waals surface area contributed by atoms with Crippen LogP contribution in [0.15, 0.2) is 48.7 Å². The Labute approximate surface area is 213 Å². The van der Waals surface area contributed by atoms with Crippen molar-refractivity contribution in [1.29, 1.82) is 0 Å². The summed E-state index contributed by atoms with van der Waals surface area (Å²) in [5.74, 6) is 0.497. The molecule has 0 spiro atoms. The number of ether oxygens (including phenoxy) is 1. The van der Waals surface area contributed by atoms with Crippen LogP contribution in [0.1, 0.15) is 35.2 Å². The number of halogens is 2. The standard InChI is InChI=1S/C26H25Cl2N3O4/c27-22-12-20(35-15-16-4-2-1-3-5-16)13-23(28)21(22)11-17-8-9-30(25(17)32)19-6-7-24-18(10-19)14-29-31(24)26(33)34/h1-5,12-14,17,19H,6-11,15H2,(H,33,34)/t17-,19-/m0/s1. The third-order valence-corrected chi connectivity index (χ3v) is 7.59. The maximum atomic E-state index is 13.3. The molecule has 0 saturated carbocycles. The van der Waals surface area contributed by atoms with E-state index in [1.165, 1.54) is 0 Å². The number of carbonyl (C=O) groups excluding carboxylic acids is 1.